The highest BCUT2D eigenvalue weighted by molar-refractivity contribution is 5.85. The first-order chi connectivity index (χ1) is 11.0. The molecule has 0 bridgehead atoms. The first kappa shape index (κ1) is 19.9. The van der Waals surface area contributed by atoms with Crippen molar-refractivity contribution in [3.05, 3.63) is 47.8 Å². The zero-order chi connectivity index (χ0) is 16.8. The molecule has 132 valence electrons. The predicted octanol–water partition coefficient (Wildman–Crippen LogP) is 2.02. The van der Waals surface area contributed by atoms with Gasteiger partial charge in [0.1, 0.15) is 11.8 Å². The number of aryl methyl sites for hydroxylation is 1. The van der Waals surface area contributed by atoms with E-state index in [1.807, 2.05) is 0 Å². The molecule has 6 nitrogen and oxygen atoms in total. The van der Waals surface area contributed by atoms with Crippen LogP contribution >= 0.6 is 12.4 Å². The summed E-state index contributed by atoms with van der Waals surface area (Å²) in [5.41, 5.74) is 1.19. The number of aromatic nitrogens is 2. The number of benzene rings is 1. The SMILES string of the molecule is CNC(C(=O)NCc1ccccc1OC(F)F)c1cnn(C)c1.Cl. The molecule has 0 saturated heterocycles. The zero-order valence-electron chi connectivity index (χ0n) is 13.2. The Hall–Kier alpha value is -2.19. The molecule has 0 saturated carbocycles. The summed E-state index contributed by atoms with van der Waals surface area (Å²) in [5, 5.41) is 9.63. The second kappa shape index (κ2) is 9.19. The van der Waals surface area contributed by atoms with Gasteiger partial charge in [-0.15, -0.1) is 12.4 Å². The summed E-state index contributed by atoms with van der Waals surface area (Å²) < 4.78 is 30.8. The summed E-state index contributed by atoms with van der Waals surface area (Å²) in [5.74, 6) is -0.238. The molecule has 0 spiro atoms. The van der Waals surface area contributed by atoms with Gasteiger partial charge in [0.2, 0.25) is 5.91 Å². The number of hydrogen-bond acceptors (Lipinski definition) is 4. The Kier molecular flexibility index (Phi) is 7.60. The van der Waals surface area contributed by atoms with Crippen molar-refractivity contribution < 1.29 is 18.3 Å². The van der Waals surface area contributed by atoms with Crippen molar-refractivity contribution in [2.24, 2.45) is 7.05 Å². The molecule has 0 radical (unpaired) electrons. The Morgan fingerprint density at radius 3 is 2.67 bits per heavy atom. The molecular formula is C15H19ClF2N4O2. The summed E-state index contributed by atoms with van der Waals surface area (Å²) in [4.78, 5) is 12.3. The van der Waals surface area contributed by atoms with Crippen molar-refractivity contribution in [2.45, 2.75) is 19.2 Å². The van der Waals surface area contributed by atoms with Gasteiger partial charge in [0.05, 0.1) is 6.20 Å². The first-order valence-electron chi connectivity index (χ1n) is 6.97. The van der Waals surface area contributed by atoms with Crippen LogP contribution in [0.5, 0.6) is 5.75 Å². The van der Waals surface area contributed by atoms with E-state index in [-0.39, 0.29) is 30.6 Å². The van der Waals surface area contributed by atoms with E-state index in [9.17, 15) is 13.6 Å². The Balaban J connectivity index is 0.00000288. The van der Waals surface area contributed by atoms with Crippen molar-refractivity contribution in [2.75, 3.05) is 7.05 Å². The van der Waals surface area contributed by atoms with E-state index in [0.29, 0.717) is 11.1 Å². The van der Waals surface area contributed by atoms with Gasteiger partial charge >= 0.3 is 6.61 Å². The van der Waals surface area contributed by atoms with Crippen LogP contribution in [0.25, 0.3) is 0 Å². The van der Waals surface area contributed by atoms with Gasteiger partial charge in [-0.1, -0.05) is 18.2 Å². The van der Waals surface area contributed by atoms with Crippen LogP contribution in [-0.4, -0.2) is 29.3 Å². The lowest BCUT2D eigenvalue weighted by Gasteiger charge is -2.16. The summed E-state index contributed by atoms with van der Waals surface area (Å²) in [6.07, 6.45) is 3.32. The average molecular weight is 361 g/mol. The predicted molar refractivity (Wildman–Crippen MR) is 87.2 cm³/mol. The molecule has 1 unspecified atom stereocenters. The molecule has 1 heterocycles. The molecule has 2 rings (SSSR count). The maximum Gasteiger partial charge on any atom is 0.387 e. The van der Waals surface area contributed by atoms with Crippen LogP contribution in [0.1, 0.15) is 17.2 Å². The van der Waals surface area contributed by atoms with Crippen molar-refractivity contribution in [3.8, 4) is 5.75 Å². The van der Waals surface area contributed by atoms with Crippen LogP contribution in [0, 0.1) is 0 Å². The number of likely N-dealkylation sites (N-methyl/N-ethyl adjacent to an activating group) is 1. The third-order valence-corrected chi connectivity index (χ3v) is 3.25. The lowest BCUT2D eigenvalue weighted by Crippen LogP contribution is -2.35. The Bertz CT molecular complexity index is 666. The minimum absolute atomic E-state index is 0. The molecule has 0 aliphatic rings. The van der Waals surface area contributed by atoms with E-state index in [0.717, 1.165) is 0 Å². The standard InChI is InChI=1S/C15H18F2N4O2.ClH/c1-18-13(11-8-20-21(2)9-11)14(22)19-7-10-5-3-4-6-12(10)23-15(16)17;/h3-6,8-9,13,15,18H,7H2,1-2H3,(H,19,22);1H. The highest BCUT2D eigenvalue weighted by atomic mass is 35.5. The molecule has 0 aliphatic carbocycles. The number of ether oxygens (including phenoxy) is 1. The van der Waals surface area contributed by atoms with Crippen LogP contribution in [-0.2, 0) is 18.4 Å². The third-order valence-electron chi connectivity index (χ3n) is 3.25. The van der Waals surface area contributed by atoms with E-state index >= 15 is 0 Å². The van der Waals surface area contributed by atoms with E-state index in [2.05, 4.69) is 20.5 Å². The van der Waals surface area contributed by atoms with Gasteiger partial charge in [0, 0.05) is 30.9 Å². The monoisotopic (exact) mass is 360 g/mol. The fourth-order valence-corrected chi connectivity index (χ4v) is 2.18. The van der Waals surface area contributed by atoms with Crippen LogP contribution < -0.4 is 15.4 Å². The number of hydrogen-bond donors (Lipinski definition) is 2. The molecule has 0 fully saturated rings. The number of halogens is 3. The molecule has 1 amide bonds. The average Bonchev–Trinajstić information content (AvgIpc) is 2.93. The summed E-state index contributed by atoms with van der Waals surface area (Å²) in [6, 6.07) is 5.76. The lowest BCUT2D eigenvalue weighted by molar-refractivity contribution is -0.123. The fourth-order valence-electron chi connectivity index (χ4n) is 2.18. The van der Waals surface area contributed by atoms with E-state index < -0.39 is 12.7 Å². The maximum absolute atomic E-state index is 12.4. The van der Waals surface area contributed by atoms with Crippen molar-refractivity contribution in [3.63, 3.8) is 0 Å². The molecule has 9 heteroatoms. The fraction of sp³-hybridized carbons (Fsp3) is 0.333. The third kappa shape index (κ3) is 5.17. The van der Waals surface area contributed by atoms with Crippen LogP contribution in [0.4, 0.5) is 8.78 Å². The topological polar surface area (TPSA) is 68.2 Å². The van der Waals surface area contributed by atoms with Crippen molar-refractivity contribution in [1.82, 2.24) is 20.4 Å². The van der Waals surface area contributed by atoms with E-state index in [4.69, 9.17) is 0 Å². The van der Waals surface area contributed by atoms with Gasteiger partial charge < -0.3 is 15.4 Å². The number of carbonyl (C=O) groups is 1. The molecule has 24 heavy (non-hydrogen) atoms. The largest absolute Gasteiger partial charge is 0.434 e. The molecular weight excluding hydrogens is 342 g/mol. The van der Waals surface area contributed by atoms with Crippen LogP contribution in [0.15, 0.2) is 36.7 Å². The van der Waals surface area contributed by atoms with Crippen molar-refractivity contribution >= 4 is 18.3 Å². The number of amides is 1. The number of para-hydroxylation sites is 1. The molecule has 1 aromatic heterocycles. The van der Waals surface area contributed by atoms with Crippen LogP contribution in [0.2, 0.25) is 0 Å². The highest BCUT2D eigenvalue weighted by Crippen LogP contribution is 2.20. The van der Waals surface area contributed by atoms with Gasteiger partial charge in [0.15, 0.2) is 0 Å². The highest BCUT2D eigenvalue weighted by Gasteiger charge is 2.20. The number of carbonyl (C=O) groups excluding carboxylic acids is 1. The lowest BCUT2D eigenvalue weighted by atomic mass is 10.1. The minimum Gasteiger partial charge on any atom is -0.434 e. The molecule has 2 aromatic rings. The Morgan fingerprint density at radius 2 is 2.08 bits per heavy atom. The van der Waals surface area contributed by atoms with Crippen LogP contribution in [0.3, 0.4) is 0 Å². The number of nitrogens with zero attached hydrogens (tertiary/aromatic N) is 2. The van der Waals surface area contributed by atoms with E-state index in [1.54, 1.807) is 49.4 Å². The molecule has 1 atom stereocenters. The first-order valence-corrected chi connectivity index (χ1v) is 6.97. The van der Waals surface area contributed by atoms with E-state index in [1.165, 1.54) is 6.07 Å². The Labute approximate surface area is 144 Å². The number of alkyl halides is 2. The minimum atomic E-state index is -2.91. The normalized spacial score (nSPS) is 11.7. The second-order valence-corrected chi connectivity index (χ2v) is 4.87. The summed E-state index contributed by atoms with van der Waals surface area (Å²) in [6.45, 7) is -2.83. The van der Waals surface area contributed by atoms with Gasteiger partial charge in [0.25, 0.3) is 0 Å². The van der Waals surface area contributed by atoms with Gasteiger partial charge in [-0.05, 0) is 13.1 Å². The molecule has 0 aliphatic heterocycles. The zero-order valence-corrected chi connectivity index (χ0v) is 14.0. The van der Waals surface area contributed by atoms with Crippen molar-refractivity contribution in [1.29, 1.82) is 0 Å². The molecule has 1 aromatic carbocycles. The van der Waals surface area contributed by atoms with Gasteiger partial charge in [-0.3, -0.25) is 9.48 Å². The Morgan fingerprint density at radius 1 is 1.38 bits per heavy atom. The van der Waals surface area contributed by atoms with Gasteiger partial charge in [-0.2, -0.15) is 13.9 Å². The quantitative estimate of drug-likeness (QED) is 0.792. The smallest absolute Gasteiger partial charge is 0.387 e. The summed E-state index contributed by atoms with van der Waals surface area (Å²) in [7, 11) is 3.41. The summed E-state index contributed by atoms with van der Waals surface area (Å²) >= 11 is 0. The van der Waals surface area contributed by atoms with Gasteiger partial charge in [-0.25, -0.2) is 0 Å². The molecule has 2 N–H and O–H groups in total. The maximum atomic E-state index is 12.4. The second-order valence-electron chi connectivity index (χ2n) is 4.87. The number of nitrogens with one attached hydrogen (secondary N) is 2. The number of rotatable bonds is 7.